The first-order valence-electron chi connectivity index (χ1n) is 14.2. The third kappa shape index (κ3) is 3.86. The molecule has 7 rings (SSSR count). The van der Waals surface area contributed by atoms with E-state index < -0.39 is 11.6 Å². The molecule has 2 aromatic heterocycles. The molecule has 4 aliphatic rings. The number of rotatable bonds is 4. The number of aliphatic hydroxyl groups is 1. The van der Waals surface area contributed by atoms with Crippen molar-refractivity contribution in [2.45, 2.75) is 57.9 Å². The minimum absolute atomic E-state index is 0.0417. The zero-order chi connectivity index (χ0) is 28.6. The highest BCUT2D eigenvalue weighted by Crippen LogP contribution is 2.45. The molecule has 1 fully saturated rings. The fourth-order valence-corrected chi connectivity index (χ4v) is 7.01. The van der Waals surface area contributed by atoms with Crippen molar-refractivity contribution in [3.8, 4) is 11.4 Å². The number of nitrogens with one attached hydrogen (secondary N) is 2. The molecular formula is C30H32FN5O5. The Morgan fingerprint density at radius 3 is 2.78 bits per heavy atom. The summed E-state index contributed by atoms with van der Waals surface area (Å²) in [5.41, 5.74) is 2.70. The number of fused-ring (bicyclic) bond motifs is 5. The summed E-state index contributed by atoms with van der Waals surface area (Å²) in [6.45, 7) is 7.00. The maximum absolute atomic E-state index is 15.1. The highest BCUT2D eigenvalue weighted by atomic mass is 19.1. The molecule has 5 heterocycles. The molecule has 3 aromatic rings. The van der Waals surface area contributed by atoms with Crippen LogP contribution in [0, 0.1) is 12.7 Å². The van der Waals surface area contributed by atoms with Crippen molar-refractivity contribution in [1.29, 1.82) is 0 Å². The van der Waals surface area contributed by atoms with Crippen LogP contribution < -0.4 is 16.2 Å². The molecule has 1 amide bonds. The number of cyclic esters (lactones) is 1. The molecule has 0 bridgehead atoms. The van der Waals surface area contributed by atoms with Gasteiger partial charge in [0, 0.05) is 48.8 Å². The summed E-state index contributed by atoms with van der Waals surface area (Å²) in [6.07, 6.45) is 1.23. The molecule has 0 unspecified atom stereocenters. The van der Waals surface area contributed by atoms with Crippen molar-refractivity contribution < 1.29 is 23.8 Å². The van der Waals surface area contributed by atoms with Gasteiger partial charge >= 0.3 is 5.97 Å². The molecular weight excluding hydrogens is 529 g/mol. The van der Waals surface area contributed by atoms with Crippen LogP contribution >= 0.6 is 0 Å². The van der Waals surface area contributed by atoms with Crippen LogP contribution in [0.25, 0.3) is 22.3 Å². The van der Waals surface area contributed by atoms with Crippen LogP contribution in [0.4, 0.5) is 4.39 Å². The fraction of sp³-hybridized carbons (Fsp3) is 0.467. The molecule has 1 aliphatic carbocycles. The summed E-state index contributed by atoms with van der Waals surface area (Å²) in [5.74, 6) is -1.22. The van der Waals surface area contributed by atoms with E-state index in [4.69, 9.17) is 9.72 Å². The van der Waals surface area contributed by atoms with Crippen molar-refractivity contribution >= 4 is 22.8 Å². The van der Waals surface area contributed by atoms with Crippen molar-refractivity contribution in [2.75, 3.05) is 32.7 Å². The molecule has 3 N–H and O–H groups in total. The smallest absolute Gasteiger partial charge is 0.343 e. The van der Waals surface area contributed by atoms with Crippen molar-refractivity contribution in [3.05, 3.63) is 61.7 Å². The minimum atomic E-state index is -1.94. The first kappa shape index (κ1) is 26.2. The molecule has 10 nitrogen and oxygen atoms in total. The summed E-state index contributed by atoms with van der Waals surface area (Å²) < 4.78 is 21.9. The maximum atomic E-state index is 15.1. The van der Waals surface area contributed by atoms with Crippen molar-refractivity contribution in [1.82, 2.24) is 25.1 Å². The SMILES string of the molecule is CC[C@@]1(O)C(=O)OCc2c1cc1n(c2=O)Cc2c-1nc1cc(F)c(C)c3c1c2[C@@H](NC(=O)CN1CCNCC1)CC3. The number of ether oxygens (including phenoxy) is 1. The first-order valence-corrected chi connectivity index (χ1v) is 14.2. The van der Waals surface area contributed by atoms with E-state index in [1.54, 1.807) is 24.5 Å². The molecule has 2 atom stereocenters. The lowest BCUT2D eigenvalue weighted by molar-refractivity contribution is -0.172. The largest absolute Gasteiger partial charge is 0.458 e. The van der Waals surface area contributed by atoms with Gasteiger partial charge in [-0.3, -0.25) is 14.5 Å². The van der Waals surface area contributed by atoms with Crippen molar-refractivity contribution in [2.24, 2.45) is 0 Å². The third-order valence-corrected chi connectivity index (χ3v) is 9.29. The zero-order valence-electron chi connectivity index (χ0n) is 23.1. The number of benzene rings is 1. The van der Waals surface area contributed by atoms with Crippen LogP contribution in [0.1, 0.15) is 59.2 Å². The van der Waals surface area contributed by atoms with Gasteiger partial charge in [-0.05, 0) is 48.9 Å². The normalized spacial score (nSPS) is 23.1. The topological polar surface area (TPSA) is 126 Å². The number of amides is 1. The van der Waals surface area contributed by atoms with E-state index in [1.807, 2.05) is 0 Å². The van der Waals surface area contributed by atoms with Gasteiger partial charge in [-0.15, -0.1) is 0 Å². The standard InChI is InChI=1S/C30H32FN5O5/c1-3-30(40)19-10-23-27-17(12-36(23)28(38)18(19)14-41-29(30)39)26-21(33-24(37)13-35-8-6-32-7-9-35)5-4-16-15(2)20(31)11-22(34-27)25(16)26/h10-11,21,32,40H,3-9,12-14H2,1-2H3,(H,33,37)/t21-,30-/m0/s1. The average molecular weight is 562 g/mol. The van der Waals surface area contributed by atoms with Crippen LogP contribution in [0.15, 0.2) is 16.9 Å². The van der Waals surface area contributed by atoms with Gasteiger partial charge in [0.1, 0.15) is 12.4 Å². The monoisotopic (exact) mass is 561 g/mol. The number of nitrogens with zero attached hydrogens (tertiary/aromatic N) is 3. The van der Waals surface area contributed by atoms with Gasteiger partial charge in [0.05, 0.1) is 41.6 Å². The molecule has 0 saturated carbocycles. The van der Waals surface area contributed by atoms with Crippen molar-refractivity contribution in [3.63, 3.8) is 0 Å². The molecule has 1 saturated heterocycles. The zero-order valence-corrected chi connectivity index (χ0v) is 23.1. The lowest BCUT2D eigenvalue weighted by atomic mass is 9.81. The van der Waals surface area contributed by atoms with E-state index in [0.717, 1.165) is 48.3 Å². The highest BCUT2D eigenvalue weighted by molar-refractivity contribution is 5.94. The Labute approximate surface area is 235 Å². The van der Waals surface area contributed by atoms with Gasteiger partial charge in [0.2, 0.25) is 5.91 Å². The van der Waals surface area contributed by atoms with Gasteiger partial charge in [-0.2, -0.15) is 0 Å². The second-order valence-corrected chi connectivity index (χ2v) is 11.5. The number of hydrogen-bond donors (Lipinski definition) is 3. The van der Waals surface area contributed by atoms with E-state index in [2.05, 4.69) is 15.5 Å². The Morgan fingerprint density at radius 1 is 1.24 bits per heavy atom. The number of carbonyl (C=O) groups is 2. The quantitative estimate of drug-likeness (QED) is 0.321. The van der Waals surface area contributed by atoms with Crippen LogP contribution in [-0.2, 0) is 39.5 Å². The number of esters is 1. The van der Waals surface area contributed by atoms with Crippen LogP contribution in [-0.4, -0.2) is 64.2 Å². The molecule has 0 radical (unpaired) electrons. The van der Waals surface area contributed by atoms with Gasteiger partial charge in [0.15, 0.2) is 5.60 Å². The number of hydrogen-bond acceptors (Lipinski definition) is 8. The Hall–Kier alpha value is -3.67. The van der Waals surface area contributed by atoms with E-state index >= 15 is 4.39 Å². The lowest BCUT2D eigenvalue weighted by Gasteiger charge is -2.31. The number of carbonyl (C=O) groups excluding carboxylic acids is 2. The maximum Gasteiger partial charge on any atom is 0.343 e. The van der Waals surface area contributed by atoms with Gasteiger partial charge in [0.25, 0.3) is 5.56 Å². The number of pyridine rings is 2. The highest BCUT2D eigenvalue weighted by Gasteiger charge is 2.46. The van der Waals surface area contributed by atoms with E-state index in [1.165, 1.54) is 6.07 Å². The second-order valence-electron chi connectivity index (χ2n) is 11.5. The lowest BCUT2D eigenvalue weighted by Crippen LogP contribution is -2.48. The predicted molar refractivity (Wildman–Crippen MR) is 148 cm³/mol. The first-order chi connectivity index (χ1) is 19.7. The summed E-state index contributed by atoms with van der Waals surface area (Å²) in [5, 5.41) is 18.6. The Bertz CT molecular complexity index is 1710. The van der Waals surface area contributed by atoms with Gasteiger partial charge in [-0.1, -0.05) is 6.92 Å². The number of aromatic nitrogens is 2. The number of aryl methyl sites for hydroxylation is 1. The molecule has 1 aromatic carbocycles. The average Bonchev–Trinajstić information content (AvgIpc) is 3.33. The fourth-order valence-electron chi connectivity index (χ4n) is 7.01. The van der Waals surface area contributed by atoms with Crippen LogP contribution in [0.2, 0.25) is 0 Å². The van der Waals surface area contributed by atoms with Crippen LogP contribution in [0.5, 0.6) is 0 Å². The second kappa shape index (κ2) is 9.43. The predicted octanol–water partition coefficient (Wildman–Crippen LogP) is 1.54. The Morgan fingerprint density at radius 2 is 2.02 bits per heavy atom. The molecule has 0 spiro atoms. The molecule has 11 heteroatoms. The Balaban J connectivity index is 1.39. The summed E-state index contributed by atoms with van der Waals surface area (Å²) in [6, 6.07) is 2.74. The number of piperazine rings is 1. The minimum Gasteiger partial charge on any atom is -0.458 e. The molecule has 3 aliphatic heterocycles. The van der Waals surface area contributed by atoms with Gasteiger partial charge < -0.3 is 25.0 Å². The third-order valence-electron chi connectivity index (χ3n) is 9.29. The van der Waals surface area contributed by atoms with E-state index in [-0.39, 0.29) is 54.0 Å². The van der Waals surface area contributed by atoms with Gasteiger partial charge in [-0.25, -0.2) is 14.2 Å². The number of halogens is 1. The van der Waals surface area contributed by atoms with E-state index in [9.17, 15) is 19.5 Å². The van der Waals surface area contributed by atoms with Crippen LogP contribution in [0.3, 0.4) is 0 Å². The Kier molecular flexibility index (Phi) is 6.04. The van der Waals surface area contributed by atoms with E-state index in [0.29, 0.717) is 41.9 Å². The molecule has 41 heavy (non-hydrogen) atoms. The summed E-state index contributed by atoms with van der Waals surface area (Å²) in [4.78, 5) is 46.5. The summed E-state index contributed by atoms with van der Waals surface area (Å²) in [7, 11) is 0. The molecule has 214 valence electrons. The summed E-state index contributed by atoms with van der Waals surface area (Å²) >= 11 is 0.